The van der Waals surface area contributed by atoms with E-state index in [1.807, 2.05) is 68.4 Å². The summed E-state index contributed by atoms with van der Waals surface area (Å²) >= 11 is 0. The predicted octanol–water partition coefficient (Wildman–Crippen LogP) is 4.94. The van der Waals surface area contributed by atoms with Gasteiger partial charge in [-0.25, -0.2) is 4.79 Å². The van der Waals surface area contributed by atoms with Crippen molar-refractivity contribution in [2.75, 3.05) is 7.05 Å². The lowest BCUT2D eigenvalue weighted by Gasteiger charge is -2.32. The van der Waals surface area contributed by atoms with Crippen molar-refractivity contribution < 1.29 is 19.1 Å². The Hall–Kier alpha value is -3.35. The maximum absolute atomic E-state index is 13.8. The van der Waals surface area contributed by atoms with Crippen LogP contribution >= 0.6 is 0 Å². The van der Waals surface area contributed by atoms with Crippen LogP contribution in [0.2, 0.25) is 0 Å². The summed E-state index contributed by atoms with van der Waals surface area (Å²) in [6.45, 7) is 11.3. The number of nitrogens with zero attached hydrogens (tertiary/aromatic N) is 1. The molecule has 3 atom stereocenters. The van der Waals surface area contributed by atoms with Crippen molar-refractivity contribution in [1.82, 2.24) is 15.5 Å². The fraction of sp³-hybridized carbons (Fsp3) is 0.483. The molecule has 0 saturated carbocycles. The maximum Gasteiger partial charge on any atom is 0.408 e. The summed E-state index contributed by atoms with van der Waals surface area (Å²) in [5.41, 5.74) is 1.87. The smallest absolute Gasteiger partial charge is 0.408 e. The summed E-state index contributed by atoms with van der Waals surface area (Å²) in [4.78, 5) is 41.4. The number of alkyl carbamates (subject to hydrolysis) is 1. The summed E-state index contributed by atoms with van der Waals surface area (Å²) in [7, 11) is 1.61. The number of benzene rings is 2. The first-order valence-corrected chi connectivity index (χ1v) is 12.6. The highest BCUT2D eigenvalue weighted by atomic mass is 16.6. The molecule has 7 heteroatoms. The number of rotatable bonds is 10. The molecule has 2 rings (SSSR count). The normalized spacial score (nSPS) is 13.8. The molecule has 7 nitrogen and oxygen atoms in total. The predicted molar refractivity (Wildman–Crippen MR) is 143 cm³/mol. The van der Waals surface area contributed by atoms with Gasteiger partial charge in [-0.15, -0.1) is 0 Å². The van der Waals surface area contributed by atoms with Crippen LogP contribution in [0, 0.1) is 6.92 Å². The molecule has 0 heterocycles. The van der Waals surface area contributed by atoms with Crippen molar-refractivity contribution in [3.63, 3.8) is 0 Å². The Morgan fingerprint density at radius 3 is 2.25 bits per heavy atom. The Balaban J connectivity index is 2.39. The molecule has 0 aliphatic heterocycles. The van der Waals surface area contributed by atoms with Crippen molar-refractivity contribution in [2.24, 2.45) is 0 Å². The van der Waals surface area contributed by atoms with E-state index >= 15 is 0 Å². The highest BCUT2D eigenvalue weighted by molar-refractivity contribution is 5.92. The van der Waals surface area contributed by atoms with Gasteiger partial charge < -0.3 is 20.3 Å². The van der Waals surface area contributed by atoms with Gasteiger partial charge in [-0.2, -0.15) is 0 Å². The highest BCUT2D eigenvalue weighted by Crippen LogP contribution is 2.23. The van der Waals surface area contributed by atoms with Gasteiger partial charge in [0.25, 0.3) is 0 Å². The third kappa shape index (κ3) is 9.02. The molecule has 0 fully saturated rings. The molecule has 0 aliphatic carbocycles. The van der Waals surface area contributed by atoms with E-state index < -0.39 is 23.8 Å². The summed E-state index contributed by atoms with van der Waals surface area (Å²) in [6, 6.07) is 15.2. The van der Waals surface area contributed by atoms with Crippen molar-refractivity contribution in [3.05, 3.63) is 71.3 Å². The van der Waals surface area contributed by atoms with E-state index in [9.17, 15) is 14.4 Å². The zero-order valence-electron chi connectivity index (χ0n) is 22.6. The Morgan fingerprint density at radius 2 is 1.67 bits per heavy atom. The summed E-state index contributed by atoms with van der Waals surface area (Å²) in [6.07, 6.45) is 1.35. The fourth-order valence-electron chi connectivity index (χ4n) is 4.09. The monoisotopic (exact) mass is 495 g/mol. The summed E-state index contributed by atoms with van der Waals surface area (Å²) < 4.78 is 5.42. The van der Waals surface area contributed by atoms with Crippen LogP contribution in [0.4, 0.5) is 4.79 Å². The molecule has 0 bridgehead atoms. The molecule has 0 radical (unpaired) electrons. The second-order valence-corrected chi connectivity index (χ2v) is 10.4. The Kier molecular flexibility index (Phi) is 10.5. The second-order valence-electron chi connectivity index (χ2n) is 10.4. The maximum atomic E-state index is 13.8. The Morgan fingerprint density at radius 1 is 1.00 bits per heavy atom. The molecule has 0 saturated heterocycles. The van der Waals surface area contributed by atoms with Crippen LogP contribution in [-0.4, -0.2) is 47.5 Å². The van der Waals surface area contributed by atoms with Crippen LogP contribution in [0.15, 0.2) is 54.6 Å². The molecule has 3 unspecified atom stereocenters. The molecule has 2 N–H and O–H groups in total. The lowest BCUT2D eigenvalue weighted by molar-refractivity contribution is -0.141. The van der Waals surface area contributed by atoms with E-state index in [-0.39, 0.29) is 24.3 Å². The minimum absolute atomic E-state index is 0.0293. The van der Waals surface area contributed by atoms with E-state index in [1.54, 1.807) is 27.8 Å². The van der Waals surface area contributed by atoms with E-state index in [1.165, 1.54) is 4.90 Å². The van der Waals surface area contributed by atoms with E-state index in [2.05, 4.69) is 17.6 Å². The van der Waals surface area contributed by atoms with Gasteiger partial charge in [-0.1, -0.05) is 73.5 Å². The molecule has 36 heavy (non-hydrogen) atoms. The van der Waals surface area contributed by atoms with Crippen molar-refractivity contribution in [2.45, 2.75) is 84.5 Å². The average Bonchev–Trinajstić information content (AvgIpc) is 2.78. The van der Waals surface area contributed by atoms with E-state index in [4.69, 9.17) is 4.74 Å². The topological polar surface area (TPSA) is 87.7 Å². The molecule has 196 valence electrons. The van der Waals surface area contributed by atoms with Gasteiger partial charge in [0, 0.05) is 19.5 Å². The zero-order chi connectivity index (χ0) is 26.9. The van der Waals surface area contributed by atoms with E-state index in [0.717, 1.165) is 24.0 Å². The van der Waals surface area contributed by atoms with Crippen molar-refractivity contribution in [3.8, 4) is 0 Å². The van der Waals surface area contributed by atoms with Crippen LogP contribution in [0.1, 0.15) is 70.2 Å². The molecule has 3 amide bonds. The number of carbonyl (C=O) groups excluding carboxylic acids is 3. The number of hydrogen-bond donors (Lipinski definition) is 2. The first kappa shape index (κ1) is 28.9. The van der Waals surface area contributed by atoms with Gasteiger partial charge in [0.2, 0.25) is 11.8 Å². The average molecular weight is 496 g/mol. The highest BCUT2D eigenvalue weighted by Gasteiger charge is 2.34. The number of likely N-dealkylation sites (N-methyl/N-ethyl adjacent to an activating group) is 1. The SMILES string of the molecule is CCCC(C)NC(=O)C(c1cccc(C)c1)N(C)C(=O)C(Cc1ccccc1)NC(=O)OC(C)(C)C. The Labute approximate surface area is 215 Å². The number of carbonyl (C=O) groups is 3. The minimum atomic E-state index is -0.916. The lowest BCUT2D eigenvalue weighted by atomic mass is 9.99. The standard InChI is InChI=1S/C29H41N3O4/c1-8-13-21(3)30-26(33)25(23-17-12-14-20(2)18-23)32(7)27(34)24(19-22-15-10-9-11-16-22)31-28(35)36-29(4,5)6/h9-12,14-18,21,24-25H,8,13,19H2,1-7H3,(H,30,33)(H,31,35). The van der Waals surface area contributed by atoms with Gasteiger partial charge >= 0.3 is 6.09 Å². The molecule has 0 spiro atoms. The van der Waals surface area contributed by atoms with Gasteiger partial charge in [-0.05, 0) is 52.2 Å². The lowest BCUT2D eigenvalue weighted by Crippen LogP contribution is -2.53. The number of ether oxygens (including phenoxy) is 1. The number of nitrogens with one attached hydrogen (secondary N) is 2. The third-order valence-corrected chi connectivity index (χ3v) is 5.72. The molecular formula is C29H41N3O4. The summed E-state index contributed by atoms with van der Waals surface area (Å²) in [5, 5.41) is 5.79. The fourth-order valence-corrected chi connectivity index (χ4v) is 4.09. The number of hydrogen-bond acceptors (Lipinski definition) is 4. The minimum Gasteiger partial charge on any atom is -0.444 e. The van der Waals surface area contributed by atoms with Crippen LogP contribution in [0.3, 0.4) is 0 Å². The molecular weight excluding hydrogens is 454 g/mol. The zero-order valence-corrected chi connectivity index (χ0v) is 22.6. The third-order valence-electron chi connectivity index (χ3n) is 5.72. The first-order chi connectivity index (χ1) is 16.9. The van der Waals surface area contributed by atoms with Gasteiger partial charge in [0.05, 0.1) is 0 Å². The van der Waals surface area contributed by atoms with Crippen LogP contribution < -0.4 is 10.6 Å². The van der Waals surface area contributed by atoms with Gasteiger partial charge in [-0.3, -0.25) is 9.59 Å². The molecule has 2 aromatic rings. The quantitative estimate of drug-likeness (QED) is 0.489. The number of aryl methyl sites for hydroxylation is 1. The van der Waals surface area contributed by atoms with Crippen molar-refractivity contribution in [1.29, 1.82) is 0 Å². The van der Waals surface area contributed by atoms with Gasteiger partial charge in [0.15, 0.2) is 0 Å². The first-order valence-electron chi connectivity index (χ1n) is 12.6. The van der Waals surface area contributed by atoms with Gasteiger partial charge in [0.1, 0.15) is 17.7 Å². The largest absolute Gasteiger partial charge is 0.444 e. The number of amides is 3. The van der Waals surface area contributed by atoms with Crippen LogP contribution in [0.5, 0.6) is 0 Å². The molecule has 2 aromatic carbocycles. The van der Waals surface area contributed by atoms with Crippen LogP contribution in [0.25, 0.3) is 0 Å². The Bertz CT molecular complexity index is 1020. The molecule has 0 aliphatic rings. The summed E-state index contributed by atoms with van der Waals surface area (Å²) in [5.74, 6) is -0.636. The van der Waals surface area contributed by atoms with Crippen molar-refractivity contribution >= 4 is 17.9 Å². The van der Waals surface area contributed by atoms with Crippen LogP contribution in [-0.2, 0) is 20.7 Å². The second kappa shape index (κ2) is 13.1. The molecule has 0 aromatic heterocycles. The van der Waals surface area contributed by atoms with E-state index in [0.29, 0.717) is 5.56 Å².